The number of benzene rings is 2. The zero-order valence-corrected chi connectivity index (χ0v) is 22.0. The Morgan fingerprint density at radius 3 is 1.80 bits per heavy atom. The van der Waals surface area contributed by atoms with E-state index in [4.69, 9.17) is 9.47 Å². The molecule has 0 heterocycles. The first kappa shape index (κ1) is 28.6. The van der Waals surface area contributed by atoms with Gasteiger partial charge in [0.25, 0.3) is 0 Å². The summed E-state index contributed by atoms with van der Waals surface area (Å²) in [4.78, 5) is 24.9. The van der Waals surface area contributed by atoms with E-state index in [9.17, 15) is 9.59 Å². The van der Waals surface area contributed by atoms with Gasteiger partial charge < -0.3 is 9.47 Å². The summed E-state index contributed by atoms with van der Waals surface area (Å²) in [5.74, 6) is 0.912. The standard InChI is InChI=1S/C31H44O4/c1-4-6-8-10-11-12-14-16-30(32)26-17-21-29(22-18-26)35-31(33)27-19-23-28(24-20-27)34-25(3)15-13-9-7-5-2/h17-25H,4-16H2,1-3H3. The maximum Gasteiger partial charge on any atom is 0.343 e. The highest BCUT2D eigenvalue weighted by atomic mass is 16.5. The van der Waals surface area contributed by atoms with Crippen molar-refractivity contribution in [3.8, 4) is 11.5 Å². The van der Waals surface area contributed by atoms with E-state index < -0.39 is 5.97 Å². The van der Waals surface area contributed by atoms with Crippen molar-refractivity contribution in [1.29, 1.82) is 0 Å². The van der Waals surface area contributed by atoms with Gasteiger partial charge in [-0.05, 0) is 74.7 Å². The largest absolute Gasteiger partial charge is 0.491 e. The summed E-state index contributed by atoms with van der Waals surface area (Å²) in [6.45, 7) is 6.51. The fourth-order valence-corrected chi connectivity index (χ4v) is 4.08. The highest BCUT2D eigenvalue weighted by molar-refractivity contribution is 5.96. The Morgan fingerprint density at radius 2 is 1.17 bits per heavy atom. The van der Waals surface area contributed by atoms with Crippen LogP contribution in [0.15, 0.2) is 48.5 Å². The quantitative estimate of drug-likeness (QED) is 0.0924. The van der Waals surface area contributed by atoms with Crippen molar-refractivity contribution in [3.05, 3.63) is 59.7 Å². The summed E-state index contributed by atoms with van der Waals surface area (Å²) in [5, 5.41) is 0. The molecule has 0 aliphatic heterocycles. The number of Topliss-reactive ketones (excluding diaryl/α,β-unsaturated/α-hetero) is 1. The van der Waals surface area contributed by atoms with Gasteiger partial charge in [-0.2, -0.15) is 0 Å². The maximum absolute atomic E-state index is 12.5. The van der Waals surface area contributed by atoms with Crippen LogP contribution in [0.25, 0.3) is 0 Å². The number of carbonyl (C=O) groups excluding carboxylic acids is 2. The summed E-state index contributed by atoms with van der Waals surface area (Å²) in [6, 6.07) is 13.9. The van der Waals surface area contributed by atoms with Gasteiger partial charge in [-0.1, -0.05) is 71.6 Å². The average molecular weight is 481 g/mol. The molecule has 0 aliphatic rings. The van der Waals surface area contributed by atoms with E-state index in [1.54, 1.807) is 36.4 Å². The van der Waals surface area contributed by atoms with Gasteiger partial charge in [0.2, 0.25) is 0 Å². The third-order valence-electron chi connectivity index (χ3n) is 6.29. The molecule has 4 heteroatoms. The number of rotatable bonds is 18. The molecule has 192 valence electrons. The van der Waals surface area contributed by atoms with Crippen molar-refractivity contribution < 1.29 is 19.1 Å². The smallest absolute Gasteiger partial charge is 0.343 e. The lowest BCUT2D eigenvalue weighted by molar-refractivity contribution is 0.0734. The topological polar surface area (TPSA) is 52.6 Å². The summed E-state index contributed by atoms with van der Waals surface area (Å²) in [7, 11) is 0. The fourth-order valence-electron chi connectivity index (χ4n) is 4.08. The minimum atomic E-state index is -0.425. The van der Waals surface area contributed by atoms with Crippen molar-refractivity contribution >= 4 is 11.8 Å². The maximum atomic E-state index is 12.5. The van der Waals surface area contributed by atoms with E-state index in [1.165, 1.54) is 57.8 Å². The Bertz CT molecular complexity index is 855. The van der Waals surface area contributed by atoms with E-state index in [2.05, 4.69) is 20.8 Å². The third-order valence-corrected chi connectivity index (χ3v) is 6.29. The molecular weight excluding hydrogens is 436 g/mol. The molecule has 0 spiro atoms. The lowest BCUT2D eigenvalue weighted by atomic mass is 10.0. The zero-order valence-electron chi connectivity index (χ0n) is 22.0. The second-order valence-corrected chi connectivity index (χ2v) is 9.51. The van der Waals surface area contributed by atoms with Gasteiger partial charge in [-0.25, -0.2) is 4.79 Å². The molecule has 0 N–H and O–H groups in total. The van der Waals surface area contributed by atoms with Crippen molar-refractivity contribution in [2.75, 3.05) is 0 Å². The molecule has 2 rings (SSSR count). The van der Waals surface area contributed by atoms with Gasteiger partial charge in [-0.15, -0.1) is 0 Å². The second kappa shape index (κ2) is 16.9. The van der Waals surface area contributed by atoms with Gasteiger partial charge in [0, 0.05) is 12.0 Å². The number of esters is 1. The van der Waals surface area contributed by atoms with Crippen molar-refractivity contribution in [2.45, 2.75) is 110 Å². The molecule has 1 atom stereocenters. The molecule has 4 nitrogen and oxygen atoms in total. The van der Waals surface area contributed by atoms with Crippen LogP contribution in [0.5, 0.6) is 11.5 Å². The van der Waals surface area contributed by atoms with E-state index in [-0.39, 0.29) is 11.9 Å². The van der Waals surface area contributed by atoms with E-state index in [1.807, 2.05) is 12.1 Å². The molecule has 0 aliphatic carbocycles. The number of carbonyl (C=O) groups is 2. The Balaban J connectivity index is 1.74. The molecular formula is C31H44O4. The predicted octanol–water partition coefficient (Wildman–Crippen LogP) is 8.97. The van der Waals surface area contributed by atoms with E-state index in [0.717, 1.165) is 25.0 Å². The summed E-state index contributed by atoms with van der Waals surface area (Å²) in [5.41, 5.74) is 1.13. The van der Waals surface area contributed by atoms with Crippen LogP contribution in [-0.4, -0.2) is 17.9 Å². The minimum absolute atomic E-state index is 0.145. The minimum Gasteiger partial charge on any atom is -0.491 e. The van der Waals surface area contributed by atoms with Crippen LogP contribution in [0.4, 0.5) is 0 Å². The molecule has 2 aromatic rings. The molecule has 0 aromatic heterocycles. The van der Waals surface area contributed by atoms with Crippen LogP contribution in [0.1, 0.15) is 125 Å². The molecule has 0 radical (unpaired) electrons. The Labute approximate surface area is 212 Å². The Kier molecular flexibility index (Phi) is 13.8. The van der Waals surface area contributed by atoms with Gasteiger partial charge >= 0.3 is 5.97 Å². The van der Waals surface area contributed by atoms with Crippen LogP contribution in [0, 0.1) is 0 Å². The molecule has 0 amide bonds. The van der Waals surface area contributed by atoms with Gasteiger partial charge in [0.1, 0.15) is 11.5 Å². The number of hydrogen-bond acceptors (Lipinski definition) is 4. The van der Waals surface area contributed by atoms with Crippen LogP contribution in [0.3, 0.4) is 0 Å². The number of hydrogen-bond donors (Lipinski definition) is 0. The summed E-state index contributed by atoms with van der Waals surface area (Å²) in [6.07, 6.45) is 15.0. The second-order valence-electron chi connectivity index (χ2n) is 9.51. The SMILES string of the molecule is CCCCCCCCCC(=O)c1ccc(OC(=O)c2ccc(OC(C)CCCCCC)cc2)cc1. The highest BCUT2D eigenvalue weighted by Gasteiger charge is 2.11. The highest BCUT2D eigenvalue weighted by Crippen LogP contribution is 2.20. The van der Waals surface area contributed by atoms with Gasteiger partial charge in [-0.3, -0.25) is 4.79 Å². The number of unbranched alkanes of at least 4 members (excludes halogenated alkanes) is 9. The molecule has 2 aromatic carbocycles. The van der Waals surface area contributed by atoms with Crippen LogP contribution < -0.4 is 9.47 Å². The molecule has 0 bridgehead atoms. The molecule has 1 unspecified atom stereocenters. The van der Waals surface area contributed by atoms with Crippen LogP contribution in [0.2, 0.25) is 0 Å². The third kappa shape index (κ3) is 11.6. The Hall–Kier alpha value is -2.62. The lowest BCUT2D eigenvalue weighted by Gasteiger charge is -2.14. The van der Waals surface area contributed by atoms with Crippen LogP contribution >= 0.6 is 0 Å². The first-order valence-corrected chi connectivity index (χ1v) is 13.7. The molecule has 0 fully saturated rings. The van der Waals surface area contributed by atoms with E-state index >= 15 is 0 Å². The first-order chi connectivity index (χ1) is 17.0. The van der Waals surface area contributed by atoms with Gasteiger partial charge in [0.15, 0.2) is 5.78 Å². The Morgan fingerprint density at radius 1 is 0.657 bits per heavy atom. The fraction of sp³-hybridized carbons (Fsp3) is 0.548. The van der Waals surface area contributed by atoms with Crippen LogP contribution in [-0.2, 0) is 0 Å². The molecule has 0 saturated carbocycles. The summed E-state index contributed by atoms with van der Waals surface area (Å²) < 4.78 is 11.4. The van der Waals surface area contributed by atoms with Crippen molar-refractivity contribution in [1.82, 2.24) is 0 Å². The molecule has 0 saturated heterocycles. The number of ether oxygens (including phenoxy) is 2. The van der Waals surface area contributed by atoms with Crippen molar-refractivity contribution in [2.24, 2.45) is 0 Å². The zero-order chi connectivity index (χ0) is 25.3. The average Bonchev–Trinajstić information content (AvgIpc) is 2.87. The predicted molar refractivity (Wildman–Crippen MR) is 144 cm³/mol. The molecule has 35 heavy (non-hydrogen) atoms. The van der Waals surface area contributed by atoms with Crippen molar-refractivity contribution in [3.63, 3.8) is 0 Å². The van der Waals surface area contributed by atoms with Gasteiger partial charge in [0.05, 0.1) is 11.7 Å². The normalized spacial score (nSPS) is 11.7. The first-order valence-electron chi connectivity index (χ1n) is 13.7. The number of ketones is 1. The summed E-state index contributed by atoms with van der Waals surface area (Å²) >= 11 is 0. The van der Waals surface area contributed by atoms with E-state index in [0.29, 0.717) is 23.3 Å². The monoisotopic (exact) mass is 480 g/mol. The lowest BCUT2D eigenvalue weighted by Crippen LogP contribution is -2.12.